The fraction of sp³-hybridized carbons (Fsp3) is 0.0714. The van der Waals surface area contributed by atoms with Crippen LogP contribution in [0, 0.1) is 0 Å². The van der Waals surface area contributed by atoms with E-state index in [4.69, 9.17) is 11.6 Å². The molecule has 0 bridgehead atoms. The van der Waals surface area contributed by atoms with Gasteiger partial charge >= 0.3 is 0 Å². The SMILES string of the molecule is O=C(NCc1ccccc1Cl)c1ccccc1S. The predicted molar refractivity (Wildman–Crippen MR) is 76.3 cm³/mol. The van der Waals surface area contributed by atoms with E-state index >= 15 is 0 Å². The van der Waals surface area contributed by atoms with Crippen LogP contribution in [0.2, 0.25) is 5.02 Å². The summed E-state index contributed by atoms with van der Waals surface area (Å²) in [5, 5.41) is 3.47. The number of thiol groups is 1. The van der Waals surface area contributed by atoms with Crippen molar-refractivity contribution in [2.45, 2.75) is 11.4 Å². The monoisotopic (exact) mass is 277 g/mol. The smallest absolute Gasteiger partial charge is 0.252 e. The van der Waals surface area contributed by atoms with Gasteiger partial charge in [0.15, 0.2) is 0 Å². The van der Waals surface area contributed by atoms with Crippen molar-refractivity contribution in [1.82, 2.24) is 5.32 Å². The number of benzene rings is 2. The van der Waals surface area contributed by atoms with Crippen LogP contribution in [0.1, 0.15) is 15.9 Å². The molecule has 2 nitrogen and oxygen atoms in total. The van der Waals surface area contributed by atoms with Gasteiger partial charge in [-0.05, 0) is 23.8 Å². The number of rotatable bonds is 3. The van der Waals surface area contributed by atoms with Crippen LogP contribution in [0.4, 0.5) is 0 Å². The van der Waals surface area contributed by atoms with Gasteiger partial charge in [-0.25, -0.2) is 0 Å². The summed E-state index contributed by atoms with van der Waals surface area (Å²) in [7, 11) is 0. The van der Waals surface area contributed by atoms with Crippen molar-refractivity contribution in [3.63, 3.8) is 0 Å². The molecule has 0 saturated heterocycles. The highest BCUT2D eigenvalue weighted by molar-refractivity contribution is 7.80. The number of carbonyl (C=O) groups is 1. The molecule has 0 heterocycles. The number of carbonyl (C=O) groups excluding carboxylic acids is 1. The van der Waals surface area contributed by atoms with Crippen LogP contribution in [-0.4, -0.2) is 5.91 Å². The summed E-state index contributed by atoms with van der Waals surface area (Å²) in [5.74, 6) is -0.152. The average Bonchev–Trinajstić information content (AvgIpc) is 2.38. The van der Waals surface area contributed by atoms with Crippen LogP contribution in [0.15, 0.2) is 53.4 Å². The van der Waals surface area contributed by atoms with E-state index < -0.39 is 0 Å². The number of hydrogen-bond acceptors (Lipinski definition) is 2. The number of nitrogens with one attached hydrogen (secondary N) is 1. The highest BCUT2D eigenvalue weighted by atomic mass is 35.5. The Morgan fingerprint density at radius 1 is 1.11 bits per heavy atom. The standard InChI is InChI=1S/C14H12ClNOS/c15-12-7-3-1-5-10(12)9-16-14(17)11-6-2-4-8-13(11)18/h1-8,18H,9H2,(H,16,17). The van der Waals surface area contributed by atoms with E-state index in [1.165, 1.54) is 0 Å². The minimum atomic E-state index is -0.152. The lowest BCUT2D eigenvalue weighted by Gasteiger charge is -2.08. The van der Waals surface area contributed by atoms with Gasteiger partial charge in [0.1, 0.15) is 0 Å². The molecule has 92 valence electrons. The average molecular weight is 278 g/mol. The zero-order valence-corrected chi connectivity index (χ0v) is 11.2. The van der Waals surface area contributed by atoms with E-state index in [-0.39, 0.29) is 5.91 Å². The van der Waals surface area contributed by atoms with Crippen LogP contribution >= 0.6 is 24.2 Å². The molecule has 4 heteroatoms. The van der Waals surface area contributed by atoms with Crippen molar-refractivity contribution < 1.29 is 4.79 Å². The second-order valence-corrected chi connectivity index (χ2v) is 4.68. The number of hydrogen-bond donors (Lipinski definition) is 2. The van der Waals surface area contributed by atoms with Crippen molar-refractivity contribution in [2.24, 2.45) is 0 Å². The fourth-order valence-electron chi connectivity index (χ4n) is 1.58. The second kappa shape index (κ2) is 5.94. The molecule has 0 aliphatic heterocycles. The lowest BCUT2D eigenvalue weighted by Crippen LogP contribution is -2.23. The zero-order valence-electron chi connectivity index (χ0n) is 9.56. The van der Waals surface area contributed by atoms with Gasteiger partial charge in [0.05, 0.1) is 5.56 Å². The summed E-state index contributed by atoms with van der Waals surface area (Å²) in [6, 6.07) is 14.6. The first-order valence-electron chi connectivity index (χ1n) is 5.48. The van der Waals surface area contributed by atoms with Gasteiger partial charge in [-0.2, -0.15) is 0 Å². The quantitative estimate of drug-likeness (QED) is 0.826. The van der Waals surface area contributed by atoms with E-state index in [2.05, 4.69) is 17.9 Å². The second-order valence-electron chi connectivity index (χ2n) is 3.79. The Bertz CT molecular complexity index is 571. The van der Waals surface area contributed by atoms with Crippen LogP contribution in [0.25, 0.3) is 0 Å². The molecular formula is C14H12ClNOS. The van der Waals surface area contributed by atoms with Gasteiger partial charge in [0.25, 0.3) is 5.91 Å². The number of amides is 1. The maximum atomic E-state index is 11.9. The molecule has 2 aromatic rings. The van der Waals surface area contributed by atoms with Gasteiger partial charge in [0.2, 0.25) is 0 Å². The first-order chi connectivity index (χ1) is 8.68. The molecule has 0 unspecified atom stereocenters. The molecule has 1 amide bonds. The van der Waals surface area contributed by atoms with E-state index in [9.17, 15) is 4.79 Å². The van der Waals surface area contributed by atoms with Crippen molar-refractivity contribution in [1.29, 1.82) is 0 Å². The third-order valence-corrected chi connectivity index (χ3v) is 3.30. The maximum Gasteiger partial charge on any atom is 0.252 e. The summed E-state index contributed by atoms with van der Waals surface area (Å²) in [4.78, 5) is 12.6. The minimum Gasteiger partial charge on any atom is -0.348 e. The Labute approximate surface area is 116 Å². The topological polar surface area (TPSA) is 29.1 Å². The Morgan fingerprint density at radius 3 is 2.50 bits per heavy atom. The molecule has 0 aliphatic carbocycles. The van der Waals surface area contributed by atoms with Gasteiger partial charge < -0.3 is 5.32 Å². The highest BCUT2D eigenvalue weighted by Gasteiger charge is 2.08. The van der Waals surface area contributed by atoms with Gasteiger partial charge in [0, 0.05) is 16.5 Å². The van der Waals surface area contributed by atoms with Crippen LogP contribution in [0.3, 0.4) is 0 Å². The molecule has 18 heavy (non-hydrogen) atoms. The van der Waals surface area contributed by atoms with Crippen molar-refractivity contribution in [3.8, 4) is 0 Å². The lowest BCUT2D eigenvalue weighted by molar-refractivity contribution is 0.0948. The number of halogens is 1. The Kier molecular flexibility index (Phi) is 4.28. The van der Waals surface area contributed by atoms with Gasteiger partial charge in [-0.15, -0.1) is 12.6 Å². The van der Waals surface area contributed by atoms with Crippen LogP contribution < -0.4 is 5.32 Å². The van der Waals surface area contributed by atoms with E-state index in [0.29, 0.717) is 22.0 Å². The normalized spacial score (nSPS) is 10.1. The van der Waals surface area contributed by atoms with Crippen molar-refractivity contribution in [2.75, 3.05) is 0 Å². The molecule has 2 aromatic carbocycles. The molecule has 0 saturated carbocycles. The van der Waals surface area contributed by atoms with Crippen LogP contribution in [-0.2, 0) is 6.54 Å². The molecule has 0 aromatic heterocycles. The Morgan fingerprint density at radius 2 is 1.78 bits per heavy atom. The molecular weight excluding hydrogens is 266 g/mol. The van der Waals surface area contributed by atoms with Crippen LogP contribution in [0.5, 0.6) is 0 Å². The van der Waals surface area contributed by atoms with Crippen molar-refractivity contribution in [3.05, 3.63) is 64.7 Å². The summed E-state index contributed by atoms with van der Waals surface area (Å²) in [5.41, 5.74) is 1.46. The molecule has 0 aliphatic rings. The molecule has 0 fully saturated rings. The molecule has 0 atom stereocenters. The molecule has 1 N–H and O–H groups in total. The summed E-state index contributed by atoms with van der Waals surface area (Å²) < 4.78 is 0. The zero-order chi connectivity index (χ0) is 13.0. The van der Waals surface area contributed by atoms with E-state index in [1.54, 1.807) is 18.2 Å². The minimum absolute atomic E-state index is 0.152. The molecule has 2 rings (SSSR count). The summed E-state index contributed by atoms with van der Waals surface area (Å²) in [6.45, 7) is 0.403. The first-order valence-corrected chi connectivity index (χ1v) is 6.30. The molecule has 0 spiro atoms. The first kappa shape index (κ1) is 13.0. The third kappa shape index (κ3) is 3.06. The maximum absolute atomic E-state index is 11.9. The van der Waals surface area contributed by atoms with Crippen molar-refractivity contribution >= 4 is 30.1 Å². The molecule has 0 radical (unpaired) electrons. The van der Waals surface area contributed by atoms with Gasteiger partial charge in [-0.3, -0.25) is 4.79 Å². The van der Waals surface area contributed by atoms with E-state index in [0.717, 1.165) is 5.56 Å². The Hall–Kier alpha value is -1.45. The summed E-state index contributed by atoms with van der Waals surface area (Å²) in [6.07, 6.45) is 0. The third-order valence-electron chi connectivity index (χ3n) is 2.55. The predicted octanol–water partition coefficient (Wildman–Crippen LogP) is 3.56. The highest BCUT2D eigenvalue weighted by Crippen LogP contribution is 2.16. The van der Waals surface area contributed by atoms with E-state index in [1.807, 2.05) is 30.3 Å². The van der Waals surface area contributed by atoms with Gasteiger partial charge in [-0.1, -0.05) is 41.9 Å². The summed E-state index contributed by atoms with van der Waals surface area (Å²) >= 11 is 10.3. The largest absolute Gasteiger partial charge is 0.348 e. The Balaban J connectivity index is 2.06. The lowest BCUT2D eigenvalue weighted by atomic mass is 10.2. The fourth-order valence-corrected chi connectivity index (χ4v) is 2.04.